The number of benzene rings is 1. The van der Waals surface area contributed by atoms with E-state index in [1.54, 1.807) is 11.8 Å². The van der Waals surface area contributed by atoms with E-state index in [1.807, 2.05) is 11.2 Å². The number of carbonyl (C=O) groups excluding carboxylic acids is 2. The first-order valence-corrected chi connectivity index (χ1v) is 12.2. The number of amides is 1. The molecule has 0 bridgehead atoms. The Morgan fingerprint density at radius 2 is 1.83 bits per heavy atom. The van der Waals surface area contributed by atoms with Gasteiger partial charge in [0.05, 0.1) is 11.2 Å². The molecule has 0 radical (unpaired) electrons. The van der Waals surface area contributed by atoms with Gasteiger partial charge in [0.2, 0.25) is 5.91 Å². The van der Waals surface area contributed by atoms with Crippen molar-refractivity contribution < 1.29 is 14.3 Å². The summed E-state index contributed by atoms with van der Waals surface area (Å²) in [5.41, 5.74) is 1.09. The molecule has 5 nitrogen and oxygen atoms in total. The van der Waals surface area contributed by atoms with Gasteiger partial charge in [-0.25, -0.2) is 0 Å². The summed E-state index contributed by atoms with van der Waals surface area (Å²) in [6.07, 6.45) is 6.60. The molecule has 3 aliphatic rings. The third-order valence-corrected chi connectivity index (χ3v) is 7.52. The average Bonchev–Trinajstić information content (AvgIpc) is 3.04. The van der Waals surface area contributed by atoms with E-state index in [-0.39, 0.29) is 23.4 Å². The first-order valence-electron chi connectivity index (χ1n) is 10.8. The SMILES string of the molecule is CSCC(=O)N1CCC2(CC1)CC(CN1CCC(c3ccccc3)CC1)OC2=O. The van der Waals surface area contributed by atoms with Crippen LogP contribution in [0.1, 0.15) is 43.6 Å². The number of piperidine rings is 2. The van der Waals surface area contributed by atoms with E-state index in [0.29, 0.717) is 24.8 Å². The maximum atomic E-state index is 12.7. The number of carbonyl (C=O) groups is 2. The summed E-state index contributed by atoms with van der Waals surface area (Å²) in [5.74, 6) is 1.34. The lowest BCUT2D eigenvalue weighted by Gasteiger charge is -2.36. The predicted molar refractivity (Wildman–Crippen MR) is 116 cm³/mol. The fraction of sp³-hybridized carbons (Fsp3) is 0.652. The Morgan fingerprint density at radius 3 is 2.48 bits per heavy atom. The zero-order valence-electron chi connectivity index (χ0n) is 17.3. The summed E-state index contributed by atoms with van der Waals surface area (Å²) in [4.78, 5) is 29.2. The molecule has 3 aliphatic heterocycles. The van der Waals surface area contributed by atoms with Gasteiger partial charge >= 0.3 is 5.97 Å². The van der Waals surface area contributed by atoms with E-state index in [2.05, 4.69) is 35.2 Å². The molecule has 1 amide bonds. The van der Waals surface area contributed by atoms with Crippen molar-refractivity contribution in [1.82, 2.24) is 9.80 Å². The van der Waals surface area contributed by atoms with Crippen molar-refractivity contribution in [3.63, 3.8) is 0 Å². The zero-order chi connectivity index (χ0) is 20.3. The second-order valence-electron chi connectivity index (χ2n) is 8.81. The first-order chi connectivity index (χ1) is 14.1. The topological polar surface area (TPSA) is 49.9 Å². The highest BCUT2D eigenvalue weighted by molar-refractivity contribution is 7.99. The Hall–Kier alpha value is -1.53. The van der Waals surface area contributed by atoms with Gasteiger partial charge < -0.3 is 9.64 Å². The van der Waals surface area contributed by atoms with Crippen molar-refractivity contribution in [1.29, 1.82) is 0 Å². The van der Waals surface area contributed by atoms with Gasteiger partial charge in [-0.15, -0.1) is 0 Å². The van der Waals surface area contributed by atoms with Crippen molar-refractivity contribution in [3.05, 3.63) is 35.9 Å². The summed E-state index contributed by atoms with van der Waals surface area (Å²) < 4.78 is 5.82. The first kappa shape index (κ1) is 20.7. The molecule has 6 heteroatoms. The largest absolute Gasteiger partial charge is 0.461 e. The van der Waals surface area contributed by atoms with Crippen LogP contribution in [-0.4, -0.2) is 72.5 Å². The highest BCUT2D eigenvalue weighted by Crippen LogP contribution is 2.43. The molecule has 1 unspecified atom stereocenters. The third-order valence-electron chi connectivity index (χ3n) is 6.99. The molecule has 1 aromatic rings. The van der Waals surface area contributed by atoms with Crippen LogP contribution >= 0.6 is 11.8 Å². The molecule has 0 aliphatic carbocycles. The molecular formula is C23H32N2O3S. The number of cyclic esters (lactones) is 1. The number of thioether (sulfide) groups is 1. The van der Waals surface area contributed by atoms with Crippen LogP contribution in [-0.2, 0) is 14.3 Å². The number of likely N-dealkylation sites (tertiary alicyclic amines) is 2. The van der Waals surface area contributed by atoms with Crippen LogP contribution in [0, 0.1) is 5.41 Å². The molecule has 158 valence electrons. The summed E-state index contributed by atoms with van der Waals surface area (Å²) in [7, 11) is 0. The second kappa shape index (κ2) is 9.09. The Kier molecular flexibility index (Phi) is 6.50. The number of hydrogen-bond donors (Lipinski definition) is 0. The fourth-order valence-electron chi connectivity index (χ4n) is 5.21. The zero-order valence-corrected chi connectivity index (χ0v) is 18.2. The van der Waals surface area contributed by atoms with Gasteiger partial charge in [-0.05, 0) is 56.5 Å². The van der Waals surface area contributed by atoms with Gasteiger partial charge in [0.15, 0.2) is 0 Å². The number of nitrogens with zero attached hydrogens (tertiary/aromatic N) is 2. The summed E-state index contributed by atoms with van der Waals surface area (Å²) in [5, 5.41) is 0. The van der Waals surface area contributed by atoms with Gasteiger partial charge in [0, 0.05) is 26.1 Å². The normalized spacial score (nSPS) is 25.3. The molecule has 3 saturated heterocycles. The maximum absolute atomic E-state index is 12.7. The average molecular weight is 417 g/mol. The van der Waals surface area contributed by atoms with E-state index in [1.165, 1.54) is 18.4 Å². The van der Waals surface area contributed by atoms with Gasteiger partial charge in [-0.3, -0.25) is 14.5 Å². The lowest BCUT2D eigenvalue weighted by atomic mass is 9.76. The molecule has 0 aromatic heterocycles. The highest BCUT2D eigenvalue weighted by Gasteiger charge is 2.51. The van der Waals surface area contributed by atoms with E-state index in [9.17, 15) is 9.59 Å². The van der Waals surface area contributed by atoms with Crippen LogP contribution in [0.25, 0.3) is 0 Å². The van der Waals surface area contributed by atoms with Gasteiger partial charge in [0.1, 0.15) is 6.10 Å². The van der Waals surface area contributed by atoms with Crippen LogP contribution in [0.15, 0.2) is 30.3 Å². The summed E-state index contributed by atoms with van der Waals surface area (Å²) >= 11 is 1.56. The van der Waals surface area contributed by atoms with Gasteiger partial charge in [-0.2, -0.15) is 11.8 Å². The lowest BCUT2D eigenvalue weighted by Crippen LogP contribution is -2.45. The van der Waals surface area contributed by atoms with Crippen molar-refractivity contribution in [2.75, 3.05) is 44.7 Å². The number of esters is 1. The van der Waals surface area contributed by atoms with Crippen LogP contribution in [0.3, 0.4) is 0 Å². The van der Waals surface area contributed by atoms with Crippen molar-refractivity contribution >= 4 is 23.6 Å². The smallest absolute Gasteiger partial charge is 0.312 e. The lowest BCUT2D eigenvalue weighted by molar-refractivity contribution is -0.152. The van der Waals surface area contributed by atoms with Crippen LogP contribution in [0.4, 0.5) is 0 Å². The summed E-state index contributed by atoms with van der Waals surface area (Å²) in [6.45, 7) is 4.35. The quantitative estimate of drug-likeness (QED) is 0.690. The van der Waals surface area contributed by atoms with Gasteiger partial charge in [-0.1, -0.05) is 30.3 Å². The monoisotopic (exact) mass is 416 g/mol. The Balaban J connectivity index is 1.26. The number of ether oxygens (including phenoxy) is 1. The van der Waals surface area contributed by atoms with Crippen LogP contribution in [0.5, 0.6) is 0 Å². The van der Waals surface area contributed by atoms with Gasteiger partial charge in [0.25, 0.3) is 0 Å². The molecule has 1 aromatic carbocycles. The van der Waals surface area contributed by atoms with E-state index >= 15 is 0 Å². The molecular weight excluding hydrogens is 384 g/mol. The highest BCUT2D eigenvalue weighted by atomic mass is 32.2. The Morgan fingerprint density at radius 1 is 1.14 bits per heavy atom. The molecule has 0 saturated carbocycles. The predicted octanol–water partition coefficient (Wildman–Crippen LogP) is 3.15. The van der Waals surface area contributed by atoms with Crippen LogP contribution in [0.2, 0.25) is 0 Å². The minimum absolute atomic E-state index is 0.00391. The third kappa shape index (κ3) is 4.64. The number of rotatable bonds is 5. The Bertz CT molecular complexity index is 710. The second-order valence-corrected chi connectivity index (χ2v) is 9.68. The number of hydrogen-bond acceptors (Lipinski definition) is 5. The van der Waals surface area contributed by atoms with Crippen molar-refractivity contribution in [2.45, 2.75) is 44.1 Å². The Labute approximate surface area is 178 Å². The van der Waals surface area contributed by atoms with E-state index < -0.39 is 0 Å². The summed E-state index contributed by atoms with van der Waals surface area (Å²) in [6, 6.07) is 10.8. The molecule has 1 spiro atoms. The maximum Gasteiger partial charge on any atom is 0.312 e. The van der Waals surface area contributed by atoms with E-state index in [0.717, 1.165) is 38.9 Å². The van der Waals surface area contributed by atoms with Crippen LogP contribution < -0.4 is 0 Å². The van der Waals surface area contributed by atoms with E-state index in [4.69, 9.17) is 4.74 Å². The standard InChI is InChI=1S/C23H32N2O3S/c1-29-17-21(26)25-13-9-23(10-14-25)15-20(28-22(23)27)16-24-11-7-19(8-12-24)18-5-3-2-4-6-18/h2-6,19-20H,7-17H2,1H3. The molecule has 0 N–H and O–H groups in total. The fourth-order valence-corrected chi connectivity index (χ4v) is 5.64. The van der Waals surface area contributed by atoms with Crippen molar-refractivity contribution in [2.24, 2.45) is 5.41 Å². The molecule has 3 fully saturated rings. The molecule has 29 heavy (non-hydrogen) atoms. The minimum atomic E-state index is -0.358. The molecule has 3 heterocycles. The minimum Gasteiger partial charge on any atom is -0.461 e. The molecule has 4 rings (SSSR count). The molecule has 1 atom stereocenters. The van der Waals surface area contributed by atoms with Crippen molar-refractivity contribution in [3.8, 4) is 0 Å².